The second kappa shape index (κ2) is 8.37. The molecule has 0 spiro atoms. The smallest absolute Gasteiger partial charge is 0.210 e. The van der Waals surface area contributed by atoms with Gasteiger partial charge in [0.2, 0.25) is 5.90 Å². The highest BCUT2D eigenvalue weighted by Gasteiger charge is 2.29. The Morgan fingerprint density at radius 3 is 2.67 bits per heavy atom. The van der Waals surface area contributed by atoms with Crippen LogP contribution in [0.1, 0.15) is 28.1 Å². The molecule has 9 heteroatoms. The van der Waals surface area contributed by atoms with E-state index in [1.54, 1.807) is 6.92 Å². The Kier molecular flexibility index (Phi) is 5.81. The molecule has 0 fully saturated rings. The Hall–Kier alpha value is -2.43. The summed E-state index contributed by atoms with van der Waals surface area (Å²) < 4.78 is 2.23. The molecule has 0 aliphatic carbocycles. The summed E-state index contributed by atoms with van der Waals surface area (Å²) in [6, 6.07) is 13.9. The minimum atomic E-state index is 0.129. The average Bonchev–Trinajstić information content (AvgIpc) is 3.07. The van der Waals surface area contributed by atoms with Crippen LogP contribution in [0.25, 0.3) is 11.4 Å². The van der Waals surface area contributed by atoms with Crippen molar-refractivity contribution < 1.29 is 4.84 Å². The van der Waals surface area contributed by atoms with Crippen LogP contribution in [0, 0.1) is 6.92 Å². The molecule has 7 nitrogen and oxygen atoms in total. The quantitative estimate of drug-likeness (QED) is 0.166. The van der Waals surface area contributed by atoms with Crippen LogP contribution in [0.3, 0.4) is 0 Å². The van der Waals surface area contributed by atoms with Crippen LogP contribution in [-0.4, -0.2) is 27.2 Å². The van der Waals surface area contributed by atoms with E-state index in [-0.39, 0.29) is 3.92 Å². The molecule has 0 saturated carbocycles. The highest BCUT2D eigenvalue weighted by Crippen LogP contribution is 2.41. The van der Waals surface area contributed by atoms with Crippen LogP contribution in [-0.2, 0) is 4.84 Å². The molecule has 2 aromatic carbocycles. The van der Waals surface area contributed by atoms with E-state index in [1.165, 1.54) is 0 Å². The number of anilines is 2. The summed E-state index contributed by atoms with van der Waals surface area (Å²) in [5.74, 6) is 7.30. The van der Waals surface area contributed by atoms with Crippen LogP contribution in [0.5, 0.6) is 0 Å². The number of nitrogens with zero attached hydrogens (tertiary/aromatic N) is 5. The number of alkyl halides is 1. The number of benzene rings is 2. The summed E-state index contributed by atoms with van der Waals surface area (Å²) >= 11 is 8.54. The maximum Gasteiger partial charge on any atom is 0.210 e. The Bertz CT molecular complexity index is 1140. The van der Waals surface area contributed by atoms with Crippen LogP contribution in [0.4, 0.5) is 11.4 Å². The number of aromatic nitrogens is 3. The number of fused-ring (bicyclic) bond motifs is 3. The summed E-state index contributed by atoms with van der Waals surface area (Å²) in [5.41, 5.74) is 4.46. The lowest BCUT2D eigenvalue weighted by Crippen LogP contribution is -2.21. The minimum absolute atomic E-state index is 0.129. The Morgan fingerprint density at radius 1 is 1.23 bits per heavy atom. The first-order chi connectivity index (χ1) is 14.4. The van der Waals surface area contributed by atoms with Crippen molar-refractivity contribution in [3.63, 3.8) is 0 Å². The zero-order chi connectivity index (χ0) is 21.4. The molecule has 1 aliphatic heterocycles. The van der Waals surface area contributed by atoms with Crippen LogP contribution < -0.4 is 10.8 Å². The number of hydrogen-bond acceptors (Lipinski definition) is 6. The molecule has 3 aromatic rings. The fraction of sp³-hybridized carbons (Fsp3) is 0.190. The van der Waals surface area contributed by atoms with Gasteiger partial charge in [-0.05, 0) is 43.3 Å². The molecular weight excluding hydrogens is 515 g/mol. The topological polar surface area (TPSA) is 81.6 Å². The van der Waals surface area contributed by atoms with Crippen molar-refractivity contribution in [3.8, 4) is 5.69 Å². The normalized spacial score (nSPS) is 16.0. The first-order valence-corrected chi connectivity index (χ1v) is 10.9. The van der Waals surface area contributed by atoms with Gasteiger partial charge < -0.3 is 9.74 Å². The number of aryl methyl sites for hydroxylation is 1. The fourth-order valence-corrected chi connectivity index (χ4v) is 4.40. The molecule has 30 heavy (non-hydrogen) atoms. The zero-order valence-corrected chi connectivity index (χ0v) is 19.4. The van der Waals surface area contributed by atoms with Gasteiger partial charge in [-0.1, -0.05) is 46.8 Å². The number of hydrogen-bond donors (Lipinski definition) is 1. The molecule has 4 rings (SSSR count). The maximum atomic E-state index is 6.13. The van der Waals surface area contributed by atoms with Crippen molar-refractivity contribution in [1.82, 2.24) is 14.8 Å². The first-order valence-electron chi connectivity index (χ1n) is 9.24. The zero-order valence-electron chi connectivity index (χ0n) is 16.5. The van der Waals surface area contributed by atoms with Gasteiger partial charge in [0.1, 0.15) is 5.82 Å². The molecule has 1 atom stereocenters. The lowest BCUT2D eigenvalue weighted by Gasteiger charge is -2.26. The molecule has 1 aliphatic rings. The van der Waals surface area contributed by atoms with E-state index < -0.39 is 0 Å². The second-order valence-electron chi connectivity index (χ2n) is 6.89. The van der Waals surface area contributed by atoms with E-state index in [0.29, 0.717) is 16.6 Å². The maximum absolute atomic E-state index is 6.13. The highest BCUT2D eigenvalue weighted by atomic mass is 127. The molecule has 154 valence electrons. The van der Waals surface area contributed by atoms with E-state index in [1.807, 2.05) is 43.3 Å². The fourth-order valence-electron chi connectivity index (χ4n) is 3.47. The van der Waals surface area contributed by atoms with E-state index in [2.05, 4.69) is 64.7 Å². The SMILES string of the molecule is C=C(/N=C(/C)ON)c1ccc2c(c1)N(c1ccc(Cl)cc1)C[C@@H](I)c1nnc(C)n1-2. The Labute approximate surface area is 193 Å². The van der Waals surface area contributed by atoms with E-state index >= 15 is 0 Å². The van der Waals surface area contributed by atoms with Gasteiger partial charge in [0.15, 0.2) is 5.82 Å². The second-order valence-corrected chi connectivity index (χ2v) is 8.83. The predicted octanol–water partition coefficient (Wildman–Crippen LogP) is 5.14. The third kappa shape index (κ3) is 3.82. The van der Waals surface area contributed by atoms with Crippen LogP contribution >= 0.6 is 34.2 Å². The number of rotatable bonds is 3. The summed E-state index contributed by atoms with van der Waals surface area (Å²) in [7, 11) is 0. The standard InChI is InChI=1S/C21H20ClIN6O/c1-12(25-14(3)30-24)15-4-9-19-20(10-15)28(17-7-5-16(22)6-8-17)11-18(23)21-27-26-13(2)29(19)21/h4-10,18H,1,11,24H2,2-3H3/b25-14-/t18-/m1/s1. The third-order valence-electron chi connectivity index (χ3n) is 4.91. The van der Waals surface area contributed by atoms with Gasteiger partial charge >= 0.3 is 0 Å². The molecule has 0 unspecified atom stereocenters. The average molecular weight is 535 g/mol. The van der Waals surface area contributed by atoms with Gasteiger partial charge in [-0.25, -0.2) is 4.99 Å². The lowest BCUT2D eigenvalue weighted by atomic mass is 10.1. The number of aliphatic imine (C=N–C) groups is 1. The van der Waals surface area contributed by atoms with Gasteiger partial charge in [-0.15, -0.1) is 10.2 Å². The van der Waals surface area contributed by atoms with Gasteiger partial charge in [0, 0.05) is 29.7 Å². The van der Waals surface area contributed by atoms with Gasteiger partial charge in [0.25, 0.3) is 0 Å². The molecule has 2 N–H and O–H groups in total. The lowest BCUT2D eigenvalue weighted by molar-refractivity contribution is 0.318. The summed E-state index contributed by atoms with van der Waals surface area (Å²) in [4.78, 5) is 11.3. The minimum Gasteiger partial charge on any atom is -0.396 e. The van der Waals surface area contributed by atoms with Crippen molar-refractivity contribution in [2.24, 2.45) is 10.9 Å². The highest BCUT2D eigenvalue weighted by molar-refractivity contribution is 14.1. The molecule has 2 heterocycles. The molecule has 0 saturated heterocycles. The summed E-state index contributed by atoms with van der Waals surface area (Å²) in [6.45, 7) is 8.43. The van der Waals surface area contributed by atoms with Gasteiger partial charge in [-0.3, -0.25) is 4.57 Å². The van der Waals surface area contributed by atoms with Crippen LogP contribution in [0.15, 0.2) is 54.0 Å². The summed E-state index contributed by atoms with van der Waals surface area (Å²) in [6.07, 6.45) is 0. The van der Waals surface area contributed by atoms with Crippen molar-refractivity contribution in [2.45, 2.75) is 17.8 Å². The van der Waals surface area contributed by atoms with E-state index in [0.717, 1.165) is 40.8 Å². The van der Waals surface area contributed by atoms with Crippen molar-refractivity contribution in [1.29, 1.82) is 0 Å². The largest absolute Gasteiger partial charge is 0.396 e. The number of halogens is 2. The van der Waals surface area contributed by atoms with Gasteiger partial charge in [-0.2, -0.15) is 5.90 Å². The first kappa shape index (κ1) is 20.8. The summed E-state index contributed by atoms with van der Waals surface area (Å²) in [5, 5.41) is 9.44. The van der Waals surface area contributed by atoms with Crippen molar-refractivity contribution in [2.75, 3.05) is 11.4 Å². The number of nitrogens with two attached hydrogens (primary N) is 1. The Balaban J connectivity index is 1.91. The van der Waals surface area contributed by atoms with Crippen molar-refractivity contribution >= 4 is 57.2 Å². The van der Waals surface area contributed by atoms with Crippen molar-refractivity contribution in [3.05, 3.63) is 71.3 Å². The van der Waals surface area contributed by atoms with Gasteiger partial charge in [0.05, 0.1) is 21.0 Å². The monoisotopic (exact) mass is 534 g/mol. The third-order valence-corrected chi connectivity index (χ3v) is 6.12. The molecular formula is C21H20ClIN6O. The molecule has 0 amide bonds. The van der Waals surface area contributed by atoms with E-state index in [9.17, 15) is 0 Å². The predicted molar refractivity (Wildman–Crippen MR) is 129 cm³/mol. The Morgan fingerprint density at radius 2 is 1.97 bits per heavy atom. The molecule has 1 aromatic heterocycles. The van der Waals surface area contributed by atoms with E-state index in [4.69, 9.17) is 17.5 Å². The molecule has 0 bridgehead atoms. The molecule has 0 radical (unpaired) electrons. The van der Waals surface area contributed by atoms with Crippen LogP contribution in [0.2, 0.25) is 5.02 Å².